The Bertz CT molecular complexity index is 1010. The molecule has 0 bridgehead atoms. The van der Waals surface area contributed by atoms with E-state index in [-0.39, 0.29) is 17.1 Å². The van der Waals surface area contributed by atoms with Crippen molar-refractivity contribution in [2.45, 2.75) is 18.8 Å². The van der Waals surface area contributed by atoms with Crippen molar-refractivity contribution >= 4 is 11.6 Å². The average Bonchev–Trinajstić information content (AvgIpc) is 3.40. The number of hydrogen-bond donors (Lipinski definition) is 0. The highest BCUT2D eigenvalue weighted by Gasteiger charge is 2.24. The van der Waals surface area contributed by atoms with Crippen LogP contribution in [-0.4, -0.2) is 27.7 Å². The van der Waals surface area contributed by atoms with Crippen LogP contribution in [0.15, 0.2) is 36.5 Å². The summed E-state index contributed by atoms with van der Waals surface area (Å²) in [6.07, 6.45) is 3.82. The summed E-state index contributed by atoms with van der Waals surface area (Å²) in [4.78, 5) is 16.5. The van der Waals surface area contributed by atoms with Gasteiger partial charge in [0, 0.05) is 6.07 Å². The quantitative estimate of drug-likeness (QED) is 0.681. The molecule has 0 aliphatic heterocycles. The SMILES string of the molecule is COC(=O)c1c(Oc2cccc(C3CC3)c2)cnc2cc(C#N)nn12. The van der Waals surface area contributed by atoms with Crippen LogP contribution < -0.4 is 4.74 Å². The highest BCUT2D eigenvalue weighted by molar-refractivity contribution is 5.91. The first-order chi connectivity index (χ1) is 12.2. The zero-order valence-corrected chi connectivity index (χ0v) is 13.5. The molecule has 2 aromatic heterocycles. The van der Waals surface area contributed by atoms with E-state index in [1.165, 1.54) is 42.3 Å². The number of benzene rings is 1. The van der Waals surface area contributed by atoms with E-state index in [0.29, 0.717) is 17.3 Å². The summed E-state index contributed by atoms with van der Waals surface area (Å²) in [5, 5.41) is 13.1. The van der Waals surface area contributed by atoms with Gasteiger partial charge in [0.2, 0.25) is 0 Å². The number of carbonyl (C=O) groups excluding carboxylic acids is 1. The Kier molecular flexibility index (Phi) is 3.58. The molecule has 0 spiro atoms. The Labute approximate surface area is 143 Å². The largest absolute Gasteiger partial charge is 0.464 e. The molecule has 7 heteroatoms. The molecule has 2 heterocycles. The highest BCUT2D eigenvalue weighted by atomic mass is 16.5. The summed E-state index contributed by atoms with van der Waals surface area (Å²) in [5.74, 6) is 0.810. The number of nitriles is 1. The Morgan fingerprint density at radius 1 is 1.36 bits per heavy atom. The second-order valence-corrected chi connectivity index (χ2v) is 5.82. The molecule has 7 nitrogen and oxygen atoms in total. The van der Waals surface area contributed by atoms with Crippen LogP contribution in [0.25, 0.3) is 5.65 Å². The van der Waals surface area contributed by atoms with Crippen LogP contribution in [0.1, 0.15) is 40.5 Å². The van der Waals surface area contributed by atoms with Gasteiger partial charge >= 0.3 is 5.97 Å². The summed E-state index contributed by atoms with van der Waals surface area (Å²) in [6.45, 7) is 0. The molecule has 124 valence electrons. The van der Waals surface area contributed by atoms with Gasteiger partial charge in [0.1, 0.15) is 11.8 Å². The molecule has 4 rings (SSSR count). The lowest BCUT2D eigenvalue weighted by Gasteiger charge is -2.11. The number of nitrogens with zero attached hydrogens (tertiary/aromatic N) is 4. The van der Waals surface area contributed by atoms with Crippen LogP contribution in [-0.2, 0) is 4.74 Å². The number of hydrogen-bond acceptors (Lipinski definition) is 6. The number of methoxy groups -OCH3 is 1. The van der Waals surface area contributed by atoms with Crippen molar-refractivity contribution in [3.8, 4) is 17.6 Å². The first-order valence-electron chi connectivity index (χ1n) is 7.84. The maximum atomic E-state index is 12.2. The van der Waals surface area contributed by atoms with Gasteiger partial charge in [0.05, 0.1) is 13.3 Å². The molecular formula is C18H14N4O3. The molecule has 1 aliphatic carbocycles. The van der Waals surface area contributed by atoms with Crippen LogP contribution in [0.4, 0.5) is 0 Å². The standard InChI is InChI=1S/C18H14N4O3/c1-24-18(23)17-15(10-20-16-8-13(9-19)21-22(16)17)25-14-4-2-3-12(7-14)11-5-6-11/h2-4,7-8,10-11H,5-6H2,1H3. The molecule has 1 aliphatic rings. The van der Waals surface area contributed by atoms with E-state index < -0.39 is 5.97 Å². The van der Waals surface area contributed by atoms with Crippen LogP contribution in [0.2, 0.25) is 0 Å². The Morgan fingerprint density at radius 2 is 2.20 bits per heavy atom. The van der Waals surface area contributed by atoms with Gasteiger partial charge in [0.25, 0.3) is 0 Å². The molecular weight excluding hydrogens is 320 g/mol. The average molecular weight is 334 g/mol. The molecule has 1 aromatic carbocycles. The number of carbonyl (C=O) groups is 1. The van der Waals surface area contributed by atoms with Gasteiger partial charge in [-0.3, -0.25) is 0 Å². The van der Waals surface area contributed by atoms with E-state index in [9.17, 15) is 4.79 Å². The zero-order valence-electron chi connectivity index (χ0n) is 13.5. The van der Waals surface area contributed by atoms with Crippen LogP contribution in [0.3, 0.4) is 0 Å². The molecule has 0 amide bonds. The molecule has 1 fully saturated rings. The van der Waals surface area contributed by atoms with E-state index in [4.69, 9.17) is 14.7 Å². The van der Waals surface area contributed by atoms with E-state index in [1.807, 2.05) is 24.3 Å². The van der Waals surface area contributed by atoms with Crippen molar-refractivity contribution in [1.29, 1.82) is 5.26 Å². The van der Waals surface area contributed by atoms with Crippen LogP contribution in [0.5, 0.6) is 11.5 Å². The fourth-order valence-corrected chi connectivity index (χ4v) is 2.71. The predicted octanol–water partition coefficient (Wildman–Crippen LogP) is 3.06. The first-order valence-corrected chi connectivity index (χ1v) is 7.84. The number of rotatable bonds is 4. The molecule has 3 aromatic rings. The van der Waals surface area contributed by atoms with Crippen LogP contribution in [0, 0.1) is 11.3 Å². The Hall–Kier alpha value is -3.40. The normalized spacial score (nSPS) is 13.4. The minimum atomic E-state index is -0.617. The van der Waals surface area contributed by atoms with Crippen molar-refractivity contribution in [1.82, 2.24) is 14.6 Å². The molecule has 0 unspecified atom stereocenters. The minimum Gasteiger partial charge on any atom is -0.464 e. The summed E-state index contributed by atoms with van der Waals surface area (Å²) in [7, 11) is 1.28. The molecule has 0 saturated heterocycles. The Morgan fingerprint density at radius 3 is 2.92 bits per heavy atom. The van der Waals surface area contributed by atoms with Crippen molar-refractivity contribution in [2.75, 3.05) is 7.11 Å². The molecule has 1 saturated carbocycles. The van der Waals surface area contributed by atoms with Gasteiger partial charge in [-0.15, -0.1) is 0 Å². The molecule has 25 heavy (non-hydrogen) atoms. The van der Waals surface area contributed by atoms with E-state index in [0.717, 1.165) is 0 Å². The third-order valence-corrected chi connectivity index (χ3v) is 4.08. The van der Waals surface area contributed by atoms with Gasteiger partial charge < -0.3 is 9.47 Å². The van der Waals surface area contributed by atoms with Gasteiger partial charge in [-0.05, 0) is 36.5 Å². The maximum absolute atomic E-state index is 12.2. The smallest absolute Gasteiger partial charge is 0.360 e. The second kappa shape index (κ2) is 5.91. The minimum absolute atomic E-state index is 0.0887. The topological polar surface area (TPSA) is 89.5 Å². The number of aromatic nitrogens is 3. The third kappa shape index (κ3) is 2.78. The van der Waals surface area contributed by atoms with Gasteiger partial charge in [-0.25, -0.2) is 14.3 Å². The fourth-order valence-electron chi connectivity index (χ4n) is 2.71. The van der Waals surface area contributed by atoms with Crippen molar-refractivity contribution in [3.05, 3.63) is 53.5 Å². The van der Waals surface area contributed by atoms with Gasteiger partial charge in [-0.2, -0.15) is 10.4 Å². The lowest BCUT2D eigenvalue weighted by Crippen LogP contribution is -2.12. The van der Waals surface area contributed by atoms with Crippen molar-refractivity contribution < 1.29 is 14.3 Å². The van der Waals surface area contributed by atoms with Crippen LogP contribution >= 0.6 is 0 Å². The summed E-state index contributed by atoms with van der Waals surface area (Å²) < 4.78 is 12.0. The number of fused-ring (bicyclic) bond motifs is 1. The van der Waals surface area contributed by atoms with Crippen molar-refractivity contribution in [2.24, 2.45) is 0 Å². The van der Waals surface area contributed by atoms with E-state index in [2.05, 4.69) is 16.1 Å². The van der Waals surface area contributed by atoms with Gasteiger partial charge in [-0.1, -0.05) is 12.1 Å². The lowest BCUT2D eigenvalue weighted by molar-refractivity contribution is 0.0587. The monoisotopic (exact) mass is 334 g/mol. The lowest BCUT2D eigenvalue weighted by atomic mass is 10.1. The van der Waals surface area contributed by atoms with E-state index in [1.54, 1.807) is 0 Å². The first kappa shape index (κ1) is 15.1. The number of esters is 1. The van der Waals surface area contributed by atoms with Crippen molar-refractivity contribution in [3.63, 3.8) is 0 Å². The predicted molar refractivity (Wildman–Crippen MR) is 87.5 cm³/mol. The Balaban J connectivity index is 1.79. The highest BCUT2D eigenvalue weighted by Crippen LogP contribution is 2.41. The maximum Gasteiger partial charge on any atom is 0.360 e. The summed E-state index contributed by atoms with van der Waals surface area (Å²) in [5.41, 5.74) is 1.84. The number of ether oxygens (including phenoxy) is 2. The molecule has 0 N–H and O–H groups in total. The molecule has 0 atom stereocenters. The third-order valence-electron chi connectivity index (χ3n) is 4.08. The van der Waals surface area contributed by atoms with Gasteiger partial charge in [0.15, 0.2) is 22.8 Å². The van der Waals surface area contributed by atoms with E-state index >= 15 is 0 Å². The zero-order chi connectivity index (χ0) is 17.4. The summed E-state index contributed by atoms with van der Waals surface area (Å²) in [6, 6.07) is 11.2. The molecule has 0 radical (unpaired) electrons. The second-order valence-electron chi connectivity index (χ2n) is 5.82. The fraction of sp³-hybridized carbons (Fsp3) is 0.222. The summed E-state index contributed by atoms with van der Waals surface area (Å²) >= 11 is 0.